The van der Waals surface area contributed by atoms with Crippen molar-refractivity contribution in [3.05, 3.63) is 58.6 Å². The van der Waals surface area contributed by atoms with Crippen LogP contribution in [0, 0.1) is 11.6 Å². The molecule has 0 fully saturated rings. The summed E-state index contributed by atoms with van der Waals surface area (Å²) in [5, 5.41) is 0.429. The molecule has 2 rings (SSSR count). The number of rotatable bonds is 4. The SMILES string of the molecule is NCCc1cc(F)c(Oc2cccc(Cl)c2)c(F)c1. The summed E-state index contributed by atoms with van der Waals surface area (Å²) in [6.07, 6.45) is 0.408. The number of benzene rings is 2. The number of hydrogen-bond donors (Lipinski definition) is 1. The topological polar surface area (TPSA) is 35.2 Å². The zero-order valence-electron chi connectivity index (χ0n) is 10.00. The van der Waals surface area contributed by atoms with Gasteiger partial charge < -0.3 is 10.5 Å². The largest absolute Gasteiger partial charge is 0.451 e. The Kier molecular flexibility index (Phi) is 4.35. The molecule has 0 aliphatic carbocycles. The van der Waals surface area contributed by atoms with E-state index in [-0.39, 0.29) is 5.75 Å². The molecule has 0 radical (unpaired) electrons. The van der Waals surface area contributed by atoms with E-state index in [1.165, 1.54) is 18.2 Å². The Labute approximate surface area is 114 Å². The lowest BCUT2D eigenvalue weighted by molar-refractivity contribution is 0.406. The van der Waals surface area contributed by atoms with Crippen LogP contribution in [0.2, 0.25) is 5.02 Å². The summed E-state index contributed by atoms with van der Waals surface area (Å²) in [5.41, 5.74) is 5.84. The molecule has 0 spiro atoms. The van der Waals surface area contributed by atoms with Crippen LogP contribution in [0.3, 0.4) is 0 Å². The monoisotopic (exact) mass is 283 g/mol. The van der Waals surface area contributed by atoms with Gasteiger partial charge in [0.15, 0.2) is 17.4 Å². The molecule has 0 amide bonds. The summed E-state index contributed by atoms with van der Waals surface area (Å²) in [6.45, 7) is 0.327. The standard InChI is InChI=1S/C14H12ClF2NO/c15-10-2-1-3-11(8-10)19-14-12(16)6-9(4-5-18)7-13(14)17/h1-3,6-8H,4-5,18H2. The van der Waals surface area contributed by atoms with Crippen molar-refractivity contribution in [3.8, 4) is 11.5 Å². The predicted octanol–water partition coefficient (Wildman–Crippen LogP) is 3.91. The first-order valence-corrected chi connectivity index (χ1v) is 6.09. The van der Waals surface area contributed by atoms with Gasteiger partial charge in [0.05, 0.1) is 0 Å². The molecule has 0 aromatic heterocycles. The minimum Gasteiger partial charge on any atom is -0.451 e. The molecule has 0 aliphatic heterocycles. The van der Waals surface area contributed by atoms with E-state index in [0.29, 0.717) is 23.6 Å². The second-order valence-corrected chi connectivity index (χ2v) is 4.42. The molecule has 0 heterocycles. The maximum absolute atomic E-state index is 13.8. The fourth-order valence-corrected chi connectivity index (χ4v) is 1.85. The molecule has 100 valence electrons. The Hall–Kier alpha value is -1.65. The maximum atomic E-state index is 13.8. The molecule has 5 heteroatoms. The molecule has 2 nitrogen and oxygen atoms in total. The van der Waals surface area contributed by atoms with Gasteiger partial charge in [-0.3, -0.25) is 0 Å². The third-order valence-electron chi connectivity index (χ3n) is 2.51. The van der Waals surface area contributed by atoms with Gasteiger partial charge in [0.25, 0.3) is 0 Å². The average Bonchev–Trinajstić information content (AvgIpc) is 2.34. The highest BCUT2D eigenvalue weighted by Crippen LogP contribution is 2.29. The Morgan fingerprint density at radius 2 is 1.79 bits per heavy atom. The molecular formula is C14H12ClF2NO. The van der Waals surface area contributed by atoms with Crippen LogP contribution in [-0.2, 0) is 6.42 Å². The zero-order chi connectivity index (χ0) is 13.8. The lowest BCUT2D eigenvalue weighted by Gasteiger charge is -2.09. The van der Waals surface area contributed by atoms with E-state index in [0.717, 1.165) is 0 Å². The van der Waals surface area contributed by atoms with Crippen LogP contribution in [0.15, 0.2) is 36.4 Å². The normalized spacial score (nSPS) is 10.5. The molecule has 19 heavy (non-hydrogen) atoms. The van der Waals surface area contributed by atoms with Gasteiger partial charge in [0.1, 0.15) is 5.75 Å². The van der Waals surface area contributed by atoms with Crippen molar-refractivity contribution < 1.29 is 13.5 Å². The van der Waals surface area contributed by atoms with Crippen LogP contribution in [0.25, 0.3) is 0 Å². The first-order chi connectivity index (χ1) is 9.10. The van der Waals surface area contributed by atoms with E-state index >= 15 is 0 Å². The second-order valence-electron chi connectivity index (χ2n) is 3.99. The molecule has 0 unspecified atom stereocenters. The third kappa shape index (κ3) is 3.43. The summed E-state index contributed by atoms with van der Waals surface area (Å²) in [6, 6.07) is 8.76. The van der Waals surface area contributed by atoms with Gasteiger partial charge in [-0.2, -0.15) is 0 Å². The molecular weight excluding hydrogens is 272 g/mol. The van der Waals surface area contributed by atoms with Gasteiger partial charge in [0, 0.05) is 5.02 Å². The van der Waals surface area contributed by atoms with Crippen LogP contribution in [0.1, 0.15) is 5.56 Å². The van der Waals surface area contributed by atoms with Crippen LogP contribution in [0.4, 0.5) is 8.78 Å². The fourth-order valence-electron chi connectivity index (χ4n) is 1.67. The Morgan fingerprint density at radius 3 is 2.37 bits per heavy atom. The van der Waals surface area contributed by atoms with Crippen LogP contribution < -0.4 is 10.5 Å². The number of nitrogens with two attached hydrogens (primary N) is 1. The van der Waals surface area contributed by atoms with E-state index < -0.39 is 17.4 Å². The minimum atomic E-state index is -0.761. The van der Waals surface area contributed by atoms with Crippen LogP contribution in [-0.4, -0.2) is 6.54 Å². The highest BCUT2D eigenvalue weighted by atomic mass is 35.5. The second kappa shape index (κ2) is 5.99. The predicted molar refractivity (Wildman–Crippen MR) is 70.6 cm³/mol. The Bertz CT molecular complexity index is 566. The number of ether oxygens (including phenoxy) is 1. The summed E-state index contributed by atoms with van der Waals surface area (Å²) in [7, 11) is 0. The van der Waals surface area contributed by atoms with E-state index in [2.05, 4.69) is 0 Å². The summed E-state index contributed by atoms with van der Waals surface area (Å²) < 4.78 is 32.8. The van der Waals surface area contributed by atoms with Gasteiger partial charge in [-0.05, 0) is 48.9 Å². The Balaban J connectivity index is 2.30. The van der Waals surface area contributed by atoms with Gasteiger partial charge in [-0.1, -0.05) is 17.7 Å². The summed E-state index contributed by atoms with van der Waals surface area (Å²) in [5.74, 6) is -1.69. The van der Waals surface area contributed by atoms with Crippen LogP contribution in [0.5, 0.6) is 11.5 Å². The first-order valence-electron chi connectivity index (χ1n) is 5.71. The minimum absolute atomic E-state index is 0.275. The molecule has 0 saturated heterocycles. The fraction of sp³-hybridized carbons (Fsp3) is 0.143. The van der Waals surface area contributed by atoms with E-state index in [4.69, 9.17) is 22.1 Å². The van der Waals surface area contributed by atoms with Crippen molar-refractivity contribution >= 4 is 11.6 Å². The van der Waals surface area contributed by atoms with Crippen molar-refractivity contribution in [2.45, 2.75) is 6.42 Å². The van der Waals surface area contributed by atoms with Crippen molar-refractivity contribution in [2.24, 2.45) is 5.73 Å². The Morgan fingerprint density at radius 1 is 1.11 bits per heavy atom. The van der Waals surface area contributed by atoms with Gasteiger partial charge >= 0.3 is 0 Å². The molecule has 0 aliphatic rings. The van der Waals surface area contributed by atoms with Crippen molar-refractivity contribution in [1.29, 1.82) is 0 Å². The highest BCUT2D eigenvalue weighted by molar-refractivity contribution is 6.30. The van der Waals surface area contributed by atoms with E-state index in [1.807, 2.05) is 0 Å². The highest BCUT2D eigenvalue weighted by Gasteiger charge is 2.13. The average molecular weight is 284 g/mol. The molecule has 2 N–H and O–H groups in total. The summed E-state index contributed by atoms with van der Waals surface area (Å²) >= 11 is 5.78. The van der Waals surface area contributed by atoms with E-state index in [1.54, 1.807) is 18.2 Å². The molecule has 0 bridgehead atoms. The molecule has 0 atom stereocenters. The molecule has 2 aromatic rings. The van der Waals surface area contributed by atoms with Crippen LogP contribution >= 0.6 is 11.6 Å². The maximum Gasteiger partial charge on any atom is 0.198 e. The lowest BCUT2D eigenvalue weighted by Crippen LogP contribution is -2.04. The van der Waals surface area contributed by atoms with Crippen molar-refractivity contribution in [3.63, 3.8) is 0 Å². The number of hydrogen-bond acceptors (Lipinski definition) is 2. The van der Waals surface area contributed by atoms with Gasteiger partial charge in [0.2, 0.25) is 0 Å². The van der Waals surface area contributed by atoms with Crippen molar-refractivity contribution in [1.82, 2.24) is 0 Å². The summed E-state index contributed by atoms with van der Waals surface area (Å²) in [4.78, 5) is 0. The van der Waals surface area contributed by atoms with Crippen molar-refractivity contribution in [2.75, 3.05) is 6.54 Å². The van der Waals surface area contributed by atoms with E-state index in [9.17, 15) is 8.78 Å². The molecule has 0 saturated carbocycles. The molecule has 2 aromatic carbocycles. The van der Waals surface area contributed by atoms with Gasteiger partial charge in [-0.25, -0.2) is 8.78 Å². The third-order valence-corrected chi connectivity index (χ3v) is 2.74. The number of halogens is 3. The lowest BCUT2D eigenvalue weighted by atomic mass is 10.1. The first kappa shape index (κ1) is 13.8. The van der Waals surface area contributed by atoms with Gasteiger partial charge in [-0.15, -0.1) is 0 Å². The quantitative estimate of drug-likeness (QED) is 0.923. The zero-order valence-corrected chi connectivity index (χ0v) is 10.8. The smallest absolute Gasteiger partial charge is 0.198 e.